The lowest BCUT2D eigenvalue weighted by Gasteiger charge is -2.17. The summed E-state index contributed by atoms with van der Waals surface area (Å²) in [5, 5.41) is 4.71. The van der Waals surface area contributed by atoms with Crippen LogP contribution >= 0.6 is 0 Å². The number of nitrogens with one attached hydrogen (secondary N) is 1. The van der Waals surface area contributed by atoms with Gasteiger partial charge in [0.25, 0.3) is 0 Å². The third-order valence-electron chi connectivity index (χ3n) is 3.37. The lowest BCUT2D eigenvalue weighted by Crippen LogP contribution is -2.19. The summed E-state index contributed by atoms with van der Waals surface area (Å²) in [5.41, 5.74) is 3.05. The molecular formula is C14H15N3O2. The van der Waals surface area contributed by atoms with Crippen LogP contribution in [0.5, 0.6) is 0 Å². The molecule has 3 rings (SSSR count). The highest BCUT2D eigenvalue weighted by molar-refractivity contribution is 5.92. The first-order valence-electron chi connectivity index (χ1n) is 6.23. The number of hydrogen-bond donors (Lipinski definition) is 1. The van der Waals surface area contributed by atoms with Crippen molar-refractivity contribution in [3.8, 4) is 0 Å². The second-order valence-electron chi connectivity index (χ2n) is 4.58. The minimum atomic E-state index is 0.0448. The van der Waals surface area contributed by atoms with Crippen LogP contribution in [-0.2, 0) is 4.84 Å². The molecule has 2 aromatic rings. The Morgan fingerprint density at radius 1 is 1.37 bits per heavy atom. The van der Waals surface area contributed by atoms with Crippen LogP contribution in [0.4, 0.5) is 5.69 Å². The van der Waals surface area contributed by atoms with E-state index < -0.39 is 0 Å². The second kappa shape index (κ2) is 4.76. The normalized spacial score (nSPS) is 17.3. The van der Waals surface area contributed by atoms with Crippen molar-refractivity contribution in [3.63, 3.8) is 0 Å². The molecule has 0 radical (unpaired) electrons. The van der Waals surface area contributed by atoms with Crippen LogP contribution in [0, 0.1) is 0 Å². The number of aromatic nitrogens is 1. The van der Waals surface area contributed by atoms with Crippen LogP contribution in [0.25, 0.3) is 10.9 Å². The van der Waals surface area contributed by atoms with E-state index >= 15 is 0 Å². The van der Waals surface area contributed by atoms with Crippen molar-refractivity contribution in [3.05, 3.63) is 40.7 Å². The smallest absolute Gasteiger partial charge is 0.189 e. The molecule has 0 atom stereocenters. The maximum atomic E-state index is 11.7. The van der Waals surface area contributed by atoms with Crippen molar-refractivity contribution < 1.29 is 4.84 Å². The molecule has 1 aliphatic heterocycles. The number of anilines is 1. The largest absolute Gasteiger partial charge is 0.399 e. The number of pyridine rings is 1. The van der Waals surface area contributed by atoms with Gasteiger partial charge in [0, 0.05) is 36.3 Å². The molecule has 1 fully saturated rings. The number of aromatic amines is 1. The molecule has 1 N–H and O–H groups in total. The van der Waals surface area contributed by atoms with E-state index in [4.69, 9.17) is 4.84 Å². The van der Waals surface area contributed by atoms with E-state index in [9.17, 15) is 4.79 Å². The van der Waals surface area contributed by atoms with Crippen molar-refractivity contribution in [1.82, 2.24) is 4.98 Å². The molecule has 5 nitrogen and oxygen atoms in total. The van der Waals surface area contributed by atoms with Gasteiger partial charge in [0.05, 0.1) is 17.8 Å². The first-order valence-corrected chi connectivity index (χ1v) is 6.23. The number of nitrogens with zero attached hydrogens (tertiary/aromatic N) is 2. The fourth-order valence-corrected chi connectivity index (χ4v) is 2.43. The summed E-state index contributed by atoms with van der Waals surface area (Å²) >= 11 is 0. The third kappa shape index (κ3) is 2.19. The Balaban J connectivity index is 1.95. The maximum absolute atomic E-state index is 11.7. The molecule has 1 aliphatic rings. The molecule has 0 unspecified atom stereocenters. The summed E-state index contributed by atoms with van der Waals surface area (Å²) in [7, 11) is 1.57. The summed E-state index contributed by atoms with van der Waals surface area (Å²) in [5.74, 6) is 0. The highest BCUT2D eigenvalue weighted by Crippen LogP contribution is 2.22. The predicted molar refractivity (Wildman–Crippen MR) is 75.8 cm³/mol. The molecule has 5 heteroatoms. The van der Waals surface area contributed by atoms with E-state index in [1.165, 1.54) is 0 Å². The van der Waals surface area contributed by atoms with E-state index in [2.05, 4.69) is 15.0 Å². The molecule has 0 bridgehead atoms. The molecule has 0 amide bonds. The van der Waals surface area contributed by atoms with E-state index in [0.29, 0.717) is 0 Å². The molecule has 19 heavy (non-hydrogen) atoms. The quantitative estimate of drug-likeness (QED) is 0.834. The van der Waals surface area contributed by atoms with Gasteiger partial charge in [-0.1, -0.05) is 5.16 Å². The minimum absolute atomic E-state index is 0.0448. The van der Waals surface area contributed by atoms with Gasteiger partial charge in [-0.15, -0.1) is 0 Å². The van der Waals surface area contributed by atoms with Gasteiger partial charge in [0.2, 0.25) is 0 Å². The zero-order valence-corrected chi connectivity index (χ0v) is 10.7. The van der Waals surface area contributed by atoms with Gasteiger partial charge in [0.1, 0.15) is 7.11 Å². The van der Waals surface area contributed by atoms with Crippen LogP contribution in [0.2, 0.25) is 0 Å². The van der Waals surface area contributed by atoms with Gasteiger partial charge in [-0.05, 0) is 18.2 Å². The SMILES string of the molecule is CON=C1CCN(c2ccc3c(=O)cc[nH]c3c2)C1. The molecule has 1 aromatic carbocycles. The Labute approximate surface area is 110 Å². The molecular weight excluding hydrogens is 242 g/mol. The van der Waals surface area contributed by atoms with Gasteiger partial charge in [0.15, 0.2) is 5.43 Å². The Bertz CT molecular complexity index is 690. The minimum Gasteiger partial charge on any atom is -0.399 e. The topological polar surface area (TPSA) is 57.7 Å². The monoisotopic (exact) mass is 257 g/mol. The summed E-state index contributed by atoms with van der Waals surface area (Å²) in [6.45, 7) is 1.70. The molecule has 0 saturated carbocycles. The number of fused-ring (bicyclic) bond motifs is 1. The van der Waals surface area contributed by atoms with Crippen LogP contribution in [0.1, 0.15) is 6.42 Å². The van der Waals surface area contributed by atoms with Crippen LogP contribution < -0.4 is 10.3 Å². The summed E-state index contributed by atoms with van der Waals surface area (Å²) in [6.07, 6.45) is 2.59. The standard InChI is InChI=1S/C14H15N3O2/c1-19-16-10-5-7-17(9-10)11-2-3-12-13(8-11)15-6-4-14(12)18/h2-4,6,8H,5,7,9H2,1H3,(H,15,18). The van der Waals surface area contributed by atoms with E-state index in [-0.39, 0.29) is 5.43 Å². The van der Waals surface area contributed by atoms with Crippen molar-refractivity contribution in [2.45, 2.75) is 6.42 Å². The van der Waals surface area contributed by atoms with E-state index in [0.717, 1.165) is 41.8 Å². The molecule has 2 heterocycles. The average molecular weight is 257 g/mol. The van der Waals surface area contributed by atoms with Crippen LogP contribution in [-0.4, -0.2) is 30.9 Å². The van der Waals surface area contributed by atoms with Gasteiger partial charge >= 0.3 is 0 Å². The molecule has 0 aliphatic carbocycles. The highest BCUT2D eigenvalue weighted by atomic mass is 16.6. The van der Waals surface area contributed by atoms with Crippen LogP contribution in [0.3, 0.4) is 0 Å². The Morgan fingerprint density at radius 3 is 3.11 bits per heavy atom. The number of hydrogen-bond acceptors (Lipinski definition) is 4. The van der Waals surface area contributed by atoms with E-state index in [1.807, 2.05) is 18.2 Å². The van der Waals surface area contributed by atoms with Crippen molar-refractivity contribution in [2.75, 3.05) is 25.1 Å². The van der Waals surface area contributed by atoms with Crippen molar-refractivity contribution in [2.24, 2.45) is 5.16 Å². The summed E-state index contributed by atoms with van der Waals surface area (Å²) in [6, 6.07) is 7.40. The zero-order chi connectivity index (χ0) is 13.2. The summed E-state index contributed by atoms with van der Waals surface area (Å²) < 4.78 is 0. The zero-order valence-electron chi connectivity index (χ0n) is 10.7. The Kier molecular flexibility index (Phi) is 2.95. The predicted octanol–water partition coefficient (Wildman–Crippen LogP) is 1.74. The van der Waals surface area contributed by atoms with Gasteiger partial charge in [-0.3, -0.25) is 4.79 Å². The number of benzene rings is 1. The Hall–Kier alpha value is -2.30. The van der Waals surface area contributed by atoms with Crippen LogP contribution in [0.15, 0.2) is 40.4 Å². The maximum Gasteiger partial charge on any atom is 0.189 e. The van der Waals surface area contributed by atoms with Gasteiger partial charge in [-0.2, -0.15) is 0 Å². The molecule has 0 spiro atoms. The first-order chi connectivity index (χ1) is 9.28. The molecule has 98 valence electrons. The third-order valence-corrected chi connectivity index (χ3v) is 3.37. The van der Waals surface area contributed by atoms with Gasteiger partial charge in [-0.25, -0.2) is 0 Å². The van der Waals surface area contributed by atoms with Crippen molar-refractivity contribution >= 4 is 22.3 Å². The first kappa shape index (κ1) is 11.8. The number of rotatable bonds is 2. The number of oxime groups is 1. The fraction of sp³-hybridized carbons (Fsp3) is 0.286. The lowest BCUT2D eigenvalue weighted by molar-refractivity contribution is 0.212. The fourth-order valence-electron chi connectivity index (χ4n) is 2.43. The average Bonchev–Trinajstić information content (AvgIpc) is 2.88. The number of H-pyrrole nitrogens is 1. The molecule has 1 saturated heterocycles. The summed E-state index contributed by atoms with van der Waals surface area (Å²) in [4.78, 5) is 21.8. The van der Waals surface area contributed by atoms with Crippen molar-refractivity contribution in [1.29, 1.82) is 0 Å². The lowest BCUT2D eigenvalue weighted by atomic mass is 10.2. The second-order valence-corrected chi connectivity index (χ2v) is 4.58. The van der Waals surface area contributed by atoms with E-state index in [1.54, 1.807) is 19.4 Å². The molecule has 1 aromatic heterocycles. The highest BCUT2D eigenvalue weighted by Gasteiger charge is 2.19. The van der Waals surface area contributed by atoms with Gasteiger partial charge < -0.3 is 14.7 Å². The Morgan fingerprint density at radius 2 is 2.26 bits per heavy atom.